The standard InChI is InChI=1S/C22H28N2OS/c1-18-7-5-8-19(15-18)16-24-13-6-9-20(17-24)22(25)23-12-14-26-21-10-3-2-4-11-21/h2-5,7-8,10-11,15,20H,6,9,12-14,16-17H2,1H3,(H,23,25). The first-order valence-electron chi connectivity index (χ1n) is 9.44. The van der Waals surface area contributed by atoms with Crippen molar-refractivity contribution < 1.29 is 4.79 Å². The smallest absolute Gasteiger partial charge is 0.224 e. The highest BCUT2D eigenvalue weighted by molar-refractivity contribution is 7.99. The zero-order chi connectivity index (χ0) is 18.2. The average Bonchev–Trinajstić information content (AvgIpc) is 2.66. The molecule has 0 bridgehead atoms. The molecule has 1 aliphatic heterocycles. The normalized spacial score (nSPS) is 17.8. The van der Waals surface area contributed by atoms with E-state index in [0.717, 1.165) is 44.8 Å². The van der Waals surface area contributed by atoms with Gasteiger partial charge in [-0.05, 0) is 44.0 Å². The summed E-state index contributed by atoms with van der Waals surface area (Å²) in [7, 11) is 0. The number of rotatable bonds is 7. The number of piperidine rings is 1. The molecule has 1 saturated heterocycles. The van der Waals surface area contributed by atoms with Crippen LogP contribution in [0.1, 0.15) is 24.0 Å². The highest BCUT2D eigenvalue weighted by Gasteiger charge is 2.25. The molecular weight excluding hydrogens is 340 g/mol. The Morgan fingerprint density at radius 2 is 2.04 bits per heavy atom. The molecule has 3 rings (SSSR count). The zero-order valence-corrected chi connectivity index (χ0v) is 16.3. The summed E-state index contributed by atoms with van der Waals surface area (Å²) in [6.45, 7) is 5.75. The summed E-state index contributed by atoms with van der Waals surface area (Å²) in [5, 5.41) is 3.13. The second kappa shape index (κ2) is 9.79. The summed E-state index contributed by atoms with van der Waals surface area (Å²) in [5.74, 6) is 1.25. The molecule has 1 atom stereocenters. The lowest BCUT2D eigenvalue weighted by molar-refractivity contribution is -0.126. The zero-order valence-electron chi connectivity index (χ0n) is 15.5. The number of hydrogen-bond acceptors (Lipinski definition) is 3. The molecule has 0 aliphatic carbocycles. The van der Waals surface area contributed by atoms with Crippen LogP contribution in [0.3, 0.4) is 0 Å². The summed E-state index contributed by atoms with van der Waals surface area (Å²) in [6, 6.07) is 19.0. The van der Waals surface area contributed by atoms with Gasteiger partial charge in [-0.3, -0.25) is 9.69 Å². The molecule has 3 nitrogen and oxygen atoms in total. The van der Waals surface area contributed by atoms with E-state index in [1.807, 2.05) is 18.2 Å². The Hall–Kier alpha value is -1.78. The van der Waals surface area contributed by atoms with Crippen LogP contribution in [0.25, 0.3) is 0 Å². The molecule has 4 heteroatoms. The van der Waals surface area contributed by atoms with Crippen LogP contribution in [-0.2, 0) is 11.3 Å². The lowest BCUT2D eigenvalue weighted by Crippen LogP contribution is -2.43. The van der Waals surface area contributed by atoms with E-state index in [-0.39, 0.29) is 11.8 Å². The van der Waals surface area contributed by atoms with Crippen molar-refractivity contribution in [3.8, 4) is 0 Å². The van der Waals surface area contributed by atoms with Crippen LogP contribution in [0.4, 0.5) is 0 Å². The molecule has 1 heterocycles. The van der Waals surface area contributed by atoms with Gasteiger partial charge in [-0.25, -0.2) is 0 Å². The average molecular weight is 369 g/mol. The number of amides is 1. The van der Waals surface area contributed by atoms with Crippen LogP contribution >= 0.6 is 11.8 Å². The van der Waals surface area contributed by atoms with Gasteiger partial charge in [0.2, 0.25) is 5.91 Å². The Kier molecular flexibility index (Phi) is 7.15. The van der Waals surface area contributed by atoms with Gasteiger partial charge >= 0.3 is 0 Å². The fraction of sp³-hybridized carbons (Fsp3) is 0.409. The third-order valence-electron chi connectivity index (χ3n) is 4.78. The first-order chi connectivity index (χ1) is 12.7. The number of likely N-dealkylation sites (tertiary alicyclic amines) is 1. The Bertz CT molecular complexity index is 704. The Morgan fingerprint density at radius 3 is 2.85 bits per heavy atom. The molecule has 0 aromatic heterocycles. The molecule has 1 unspecified atom stereocenters. The fourth-order valence-electron chi connectivity index (χ4n) is 3.49. The van der Waals surface area contributed by atoms with Crippen LogP contribution in [0.2, 0.25) is 0 Å². The van der Waals surface area contributed by atoms with E-state index in [1.54, 1.807) is 11.8 Å². The molecule has 1 N–H and O–H groups in total. The minimum absolute atomic E-state index is 0.121. The van der Waals surface area contributed by atoms with Gasteiger partial charge in [0.05, 0.1) is 5.92 Å². The van der Waals surface area contributed by atoms with E-state index >= 15 is 0 Å². The molecule has 2 aromatic rings. The summed E-state index contributed by atoms with van der Waals surface area (Å²) >= 11 is 1.79. The van der Waals surface area contributed by atoms with Gasteiger partial charge in [-0.2, -0.15) is 0 Å². The van der Waals surface area contributed by atoms with Crippen molar-refractivity contribution in [1.29, 1.82) is 0 Å². The molecule has 0 spiro atoms. The maximum absolute atomic E-state index is 12.5. The van der Waals surface area contributed by atoms with Crippen molar-refractivity contribution in [2.24, 2.45) is 5.92 Å². The molecule has 26 heavy (non-hydrogen) atoms. The maximum Gasteiger partial charge on any atom is 0.224 e. The Balaban J connectivity index is 1.41. The van der Waals surface area contributed by atoms with Gasteiger partial charge in [-0.15, -0.1) is 11.8 Å². The summed E-state index contributed by atoms with van der Waals surface area (Å²) < 4.78 is 0. The SMILES string of the molecule is Cc1cccc(CN2CCCC(C(=O)NCCSc3ccccc3)C2)c1. The molecule has 1 aliphatic rings. The van der Waals surface area contributed by atoms with E-state index < -0.39 is 0 Å². The highest BCUT2D eigenvalue weighted by atomic mass is 32.2. The van der Waals surface area contributed by atoms with Gasteiger partial charge < -0.3 is 5.32 Å². The van der Waals surface area contributed by atoms with Gasteiger partial charge in [0, 0.05) is 30.3 Å². The minimum atomic E-state index is 0.121. The topological polar surface area (TPSA) is 32.3 Å². The number of nitrogens with zero attached hydrogens (tertiary/aromatic N) is 1. The maximum atomic E-state index is 12.5. The number of carbonyl (C=O) groups is 1. The molecule has 0 saturated carbocycles. The van der Waals surface area contributed by atoms with Crippen LogP contribution in [0.5, 0.6) is 0 Å². The number of nitrogens with one attached hydrogen (secondary N) is 1. The van der Waals surface area contributed by atoms with Crippen LogP contribution in [0, 0.1) is 12.8 Å². The lowest BCUT2D eigenvalue weighted by Gasteiger charge is -2.32. The number of hydrogen-bond donors (Lipinski definition) is 1. The summed E-state index contributed by atoms with van der Waals surface area (Å²) in [6.07, 6.45) is 2.10. The third-order valence-corrected chi connectivity index (χ3v) is 5.79. The predicted octanol–water partition coefficient (Wildman–Crippen LogP) is 4.12. The monoisotopic (exact) mass is 368 g/mol. The molecule has 1 amide bonds. The largest absolute Gasteiger partial charge is 0.355 e. The fourth-order valence-corrected chi connectivity index (χ4v) is 4.28. The van der Waals surface area contributed by atoms with Crippen molar-refractivity contribution in [2.45, 2.75) is 31.2 Å². The van der Waals surface area contributed by atoms with E-state index in [1.165, 1.54) is 16.0 Å². The van der Waals surface area contributed by atoms with E-state index in [9.17, 15) is 4.79 Å². The van der Waals surface area contributed by atoms with Crippen molar-refractivity contribution in [2.75, 3.05) is 25.4 Å². The third kappa shape index (κ3) is 5.89. The second-order valence-corrected chi connectivity index (χ2v) is 8.18. The predicted molar refractivity (Wildman–Crippen MR) is 109 cm³/mol. The molecule has 0 radical (unpaired) electrons. The molecule has 1 fully saturated rings. The molecule has 138 valence electrons. The number of aryl methyl sites for hydroxylation is 1. The number of thioether (sulfide) groups is 1. The summed E-state index contributed by atoms with van der Waals surface area (Å²) in [4.78, 5) is 16.2. The molecule has 2 aromatic carbocycles. The highest BCUT2D eigenvalue weighted by Crippen LogP contribution is 2.20. The van der Waals surface area contributed by atoms with Crippen LogP contribution in [0.15, 0.2) is 59.5 Å². The quantitative estimate of drug-likeness (QED) is 0.589. The van der Waals surface area contributed by atoms with E-state index in [4.69, 9.17) is 0 Å². The number of carbonyl (C=O) groups excluding carboxylic acids is 1. The first kappa shape index (κ1) is 19.0. The van der Waals surface area contributed by atoms with Gasteiger partial charge in [0.1, 0.15) is 0 Å². The Labute approximate surface area is 161 Å². The van der Waals surface area contributed by atoms with Crippen LogP contribution < -0.4 is 5.32 Å². The van der Waals surface area contributed by atoms with Crippen LogP contribution in [-0.4, -0.2) is 36.2 Å². The van der Waals surface area contributed by atoms with Gasteiger partial charge in [-0.1, -0.05) is 48.0 Å². The van der Waals surface area contributed by atoms with E-state index in [0.29, 0.717) is 0 Å². The van der Waals surface area contributed by atoms with Crippen molar-refractivity contribution in [3.63, 3.8) is 0 Å². The van der Waals surface area contributed by atoms with Gasteiger partial charge in [0.25, 0.3) is 0 Å². The first-order valence-corrected chi connectivity index (χ1v) is 10.4. The second-order valence-electron chi connectivity index (χ2n) is 7.02. The van der Waals surface area contributed by atoms with Crippen molar-refractivity contribution in [1.82, 2.24) is 10.2 Å². The Morgan fingerprint density at radius 1 is 1.19 bits per heavy atom. The number of benzene rings is 2. The van der Waals surface area contributed by atoms with Gasteiger partial charge in [0.15, 0.2) is 0 Å². The van der Waals surface area contributed by atoms with E-state index in [2.05, 4.69) is 53.5 Å². The van der Waals surface area contributed by atoms with Crippen molar-refractivity contribution >= 4 is 17.7 Å². The summed E-state index contributed by atoms with van der Waals surface area (Å²) in [5.41, 5.74) is 2.63. The molecular formula is C22H28N2OS. The minimum Gasteiger partial charge on any atom is -0.355 e. The lowest BCUT2D eigenvalue weighted by atomic mass is 9.96. The van der Waals surface area contributed by atoms with Crippen molar-refractivity contribution in [3.05, 3.63) is 65.7 Å².